The third-order valence-electron chi connectivity index (χ3n) is 3.44. The smallest absolute Gasteiger partial charge is 0.236 e. The number of amides is 1. The summed E-state index contributed by atoms with van der Waals surface area (Å²) in [5.41, 5.74) is 0.901. The number of aryl methyl sites for hydroxylation is 1. The molecule has 1 amide bonds. The quantitative estimate of drug-likeness (QED) is 0.677. The van der Waals surface area contributed by atoms with Crippen molar-refractivity contribution >= 4 is 44.4 Å². The van der Waals surface area contributed by atoms with Crippen molar-refractivity contribution in [2.75, 3.05) is 11.1 Å². The van der Waals surface area contributed by atoms with Gasteiger partial charge >= 0.3 is 0 Å². The summed E-state index contributed by atoms with van der Waals surface area (Å²) >= 11 is 2.88. The Hall–Kier alpha value is -1.93. The summed E-state index contributed by atoms with van der Waals surface area (Å²) in [7, 11) is 0. The number of para-hydroxylation sites is 1. The van der Waals surface area contributed by atoms with Crippen LogP contribution in [0.15, 0.2) is 29.4 Å². The van der Waals surface area contributed by atoms with Crippen LogP contribution in [0.3, 0.4) is 0 Å². The number of thioether (sulfide) groups is 1. The topological polar surface area (TPSA) is 72.7 Å². The normalized spacial score (nSPS) is 11.3. The largest absolute Gasteiger partial charge is 0.303 e. The van der Waals surface area contributed by atoms with E-state index in [0.717, 1.165) is 27.6 Å². The molecule has 0 spiro atoms. The molecule has 3 aromatic rings. The zero-order chi connectivity index (χ0) is 17.1. The molecule has 1 N–H and O–H groups in total. The molecule has 1 aromatic carbocycles. The fourth-order valence-corrected chi connectivity index (χ4v) is 4.14. The van der Waals surface area contributed by atoms with Gasteiger partial charge in [0, 0.05) is 12.5 Å². The van der Waals surface area contributed by atoms with Crippen molar-refractivity contribution in [3.8, 4) is 0 Å². The van der Waals surface area contributed by atoms with E-state index in [0.29, 0.717) is 5.13 Å². The van der Waals surface area contributed by atoms with Crippen molar-refractivity contribution in [3.63, 3.8) is 0 Å². The molecule has 3 rings (SSSR count). The number of anilines is 1. The van der Waals surface area contributed by atoms with Crippen LogP contribution < -0.4 is 5.32 Å². The molecule has 0 unspecified atom stereocenters. The molecule has 0 bridgehead atoms. The average Bonchev–Trinajstić information content (AvgIpc) is 3.15. The molecule has 24 heavy (non-hydrogen) atoms. The van der Waals surface area contributed by atoms with Gasteiger partial charge in [0.2, 0.25) is 5.91 Å². The molecule has 0 saturated carbocycles. The zero-order valence-corrected chi connectivity index (χ0v) is 15.4. The number of hydrogen-bond acceptors (Lipinski definition) is 6. The minimum Gasteiger partial charge on any atom is -0.303 e. The molecule has 2 heterocycles. The van der Waals surface area contributed by atoms with E-state index in [1.54, 1.807) is 0 Å². The predicted molar refractivity (Wildman–Crippen MR) is 98.8 cm³/mol. The molecular weight excluding hydrogens is 342 g/mol. The van der Waals surface area contributed by atoms with Crippen molar-refractivity contribution < 1.29 is 4.79 Å². The maximum Gasteiger partial charge on any atom is 0.236 e. The van der Waals surface area contributed by atoms with Crippen molar-refractivity contribution in [1.29, 1.82) is 0 Å². The molecule has 0 aliphatic rings. The fourth-order valence-electron chi connectivity index (χ4n) is 2.38. The number of nitrogens with zero attached hydrogens (tertiary/aromatic N) is 4. The minimum atomic E-state index is -0.0876. The number of benzene rings is 1. The number of carbonyl (C=O) groups is 1. The number of aromatic nitrogens is 4. The molecule has 0 saturated heterocycles. The number of rotatable bonds is 6. The monoisotopic (exact) mass is 361 g/mol. The molecule has 0 atom stereocenters. The van der Waals surface area contributed by atoms with Crippen LogP contribution in [0, 0.1) is 0 Å². The summed E-state index contributed by atoms with van der Waals surface area (Å²) in [6.07, 6.45) is 0.823. The summed E-state index contributed by atoms with van der Waals surface area (Å²) in [4.78, 5) is 16.6. The van der Waals surface area contributed by atoms with Gasteiger partial charge in [-0.25, -0.2) is 4.98 Å². The Morgan fingerprint density at radius 1 is 1.33 bits per heavy atom. The molecule has 0 fully saturated rings. The van der Waals surface area contributed by atoms with Gasteiger partial charge in [-0.3, -0.25) is 4.79 Å². The first-order valence-electron chi connectivity index (χ1n) is 7.80. The van der Waals surface area contributed by atoms with Crippen molar-refractivity contribution in [3.05, 3.63) is 30.1 Å². The Morgan fingerprint density at radius 2 is 2.12 bits per heavy atom. The van der Waals surface area contributed by atoms with Gasteiger partial charge in [-0.05, 0) is 26.0 Å². The van der Waals surface area contributed by atoms with Crippen LogP contribution >= 0.6 is 23.1 Å². The van der Waals surface area contributed by atoms with Gasteiger partial charge in [-0.15, -0.1) is 10.2 Å². The lowest BCUT2D eigenvalue weighted by molar-refractivity contribution is -0.113. The van der Waals surface area contributed by atoms with Gasteiger partial charge in [0.05, 0.1) is 16.0 Å². The van der Waals surface area contributed by atoms with Crippen LogP contribution in [0.1, 0.15) is 32.6 Å². The van der Waals surface area contributed by atoms with Gasteiger partial charge in [0.25, 0.3) is 0 Å². The standard InChI is InChI=1S/C16H19N5OS2/c1-4-13-19-20-16(21(13)10(2)3)23-9-14(22)18-15-17-11-7-5-6-8-12(11)24-15/h5-8,10H,4,9H2,1-3H3,(H,17,18,22). The Labute approximate surface area is 148 Å². The Balaban J connectivity index is 1.64. The first-order chi connectivity index (χ1) is 11.6. The third-order valence-corrected chi connectivity index (χ3v) is 5.34. The Kier molecular flexibility index (Phi) is 5.15. The molecule has 126 valence electrons. The van der Waals surface area contributed by atoms with Gasteiger partial charge in [0.1, 0.15) is 5.82 Å². The first kappa shape index (κ1) is 16.9. The van der Waals surface area contributed by atoms with Crippen molar-refractivity contribution in [2.45, 2.75) is 38.4 Å². The summed E-state index contributed by atoms with van der Waals surface area (Å²) in [5.74, 6) is 1.14. The van der Waals surface area contributed by atoms with E-state index in [4.69, 9.17) is 0 Å². The molecule has 6 nitrogen and oxygen atoms in total. The number of fused-ring (bicyclic) bond motifs is 1. The van der Waals surface area contributed by atoms with Gasteiger partial charge < -0.3 is 9.88 Å². The SMILES string of the molecule is CCc1nnc(SCC(=O)Nc2nc3ccccc3s2)n1C(C)C. The first-order valence-corrected chi connectivity index (χ1v) is 9.60. The molecule has 8 heteroatoms. The maximum atomic E-state index is 12.2. The highest BCUT2D eigenvalue weighted by Crippen LogP contribution is 2.26. The van der Waals surface area contributed by atoms with Gasteiger partial charge in [-0.1, -0.05) is 42.2 Å². The highest BCUT2D eigenvalue weighted by atomic mass is 32.2. The van der Waals surface area contributed by atoms with E-state index in [2.05, 4.69) is 45.8 Å². The Bertz CT molecular complexity index is 822. The molecule has 0 aliphatic heterocycles. The van der Waals surface area contributed by atoms with Gasteiger partial charge in [-0.2, -0.15) is 0 Å². The van der Waals surface area contributed by atoms with E-state index in [9.17, 15) is 4.79 Å². The second-order valence-electron chi connectivity index (χ2n) is 5.54. The predicted octanol–water partition coefficient (Wildman–Crippen LogP) is 3.76. The lowest BCUT2D eigenvalue weighted by Crippen LogP contribution is -2.15. The fraction of sp³-hybridized carbons (Fsp3) is 0.375. The van der Waals surface area contributed by atoms with E-state index in [1.807, 2.05) is 24.3 Å². The van der Waals surface area contributed by atoms with E-state index in [-0.39, 0.29) is 17.7 Å². The number of nitrogens with one attached hydrogen (secondary N) is 1. The minimum absolute atomic E-state index is 0.0876. The highest BCUT2D eigenvalue weighted by Gasteiger charge is 2.16. The lowest BCUT2D eigenvalue weighted by atomic mass is 10.3. The summed E-state index contributed by atoms with van der Waals surface area (Å²) < 4.78 is 3.14. The highest BCUT2D eigenvalue weighted by molar-refractivity contribution is 7.99. The third kappa shape index (κ3) is 3.59. The van der Waals surface area contributed by atoms with Crippen LogP contribution in [-0.2, 0) is 11.2 Å². The van der Waals surface area contributed by atoms with Crippen LogP contribution in [0.2, 0.25) is 0 Å². The summed E-state index contributed by atoms with van der Waals surface area (Å²) in [5, 5.41) is 12.7. The van der Waals surface area contributed by atoms with E-state index >= 15 is 0 Å². The second-order valence-corrected chi connectivity index (χ2v) is 7.51. The summed E-state index contributed by atoms with van der Waals surface area (Å²) in [6, 6.07) is 8.10. The molecule has 0 aliphatic carbocycles. The number of thiazole rings is 1. The summed E-state index contributed by atoms with van der Waals surface area (Å²) in [6.45, 7) is 6.23. The maximum absolute atomic E-state index is 12.2. The molecule has 0 radical (unpaired) electrons. The lowest BCUT2D eigenvalue weighted by Gasteiger charge is -2.12. The van der Waals surface area contributed by atoms with E-state index in [1.165, 1.54) is 23.1 Å². The molecular formula is C16H19N5OS2. The van der Waals surface area contributed by atoms with Crippen LogP contribution in [0.4, 0.5) is 5.13 Å². The van der Waals surface area contributed by atoms with Gasteiger partial charge in [0.15, 0.2) is 10.3 Å². The zero-order valence-electron chi connectivity index (χ0n) is 13.8. The number of hydrogen-bond donors (Lipinski definition) is 1. The van der Waals surface area contributed by atoms with E-state index < -0.39 is 0 Å². The molecule has 2 aromatic heterocycles. The second kappa shape index (κ2) is 7.31. The van der Waals surface area contributed by atoms with Crippen LogP contribution in [0.5, 0.6) is 0 Å². The van der Waals surface area contributed by atoms with Crippen molar-refractivity contribution in [2.24, 2.45) is 0 Å². The average molecular weight is 361 g/mol. The van der Waals surface area contributed by atoms with Crippen molar-refractivity contribution in [1.82, 2.24) is 19.7 Å². The van der Waals surface area contributed by atoms with Crippen LogP contribution in [0.25, 0.3) is 10.2 Å². The number of carbonyl (C=O) groups excluding carboxylic acids is 1. The van der Waals surface area contributed by atoms with Crippen LogP contribution in [-0.4, -0.2) is 31.4 Å². The Morgan fingerprint density at radius 3 is 2.83 bits per heavy atom.